The van der Waals surface area contributed by atoms with Crippen molar-refractivity contribution in [1.29, 1.82) is 0 Å². The number of rotatable bonds is 5. The van der Waals surface area contributed by atoms with Crippen molar-refractivity contribution in [3.63, 3.8) is 0 Å². The van der Waals surface area contributed by atoms with Crippen LogP contribution in [0.3, 0.4) is 0 Å². The van der Waals surface area contributed by atoms with E-state index in [-0.39, 0.29) is 11.3 Å². The van der Waals surface area contributed by atoms with Crippen LogP contribution in [-0.2, 0) is 4.79 Å². The fraction of sp³-hybridized carbons (Fsp3) is 0.500. The van der Waals surface area contributed by atoms with Crippen LogP contribution in [0, 0.1) is 5.41 Å². The highest BCUT2D eigenvalue weighted by Crippen LogP contribution is 2.56. The summed E-state index contributed by atoms with van der Waals surface area (Å²) in [6, 6.07) is 9.22. The summed E-state index contributed by atoms with van der Waals surface area (Å²) in [6.07, 6.45) is 3.85. The molecule has 1 aromatic rings. The molecule has 0 unspecified atom stereocenters. The van der Waals surface area contributed by atoms with E-state index in [1.165, 1.54) is 0 Å². The lowest BCUT2D eigenvalue weighted by atomic mass is 9.84. The molecule has 2 aliphatic carbocycles. The molecule has 106 valence electrons. The molecule has 0 amide bonds. The molecule has 0 aromatic heterocycles. The van der Waals surface area contributed by atoms with Gasteiger partial charge >= 0.3 is 5.97 Å². The second-order valence-corrected chi connectivity index (χ2v) is 6.19. The van der Waals surface area contributed by atoms with Crippen molar-refractivity contribution >= 4 is 11.8 Å². The summed E-state index contributed by atoms with van der Waals surface area (Å²) in [4.78, 5) is 23.5. The summed E-state index contributed by atoms with van der Waals surface area (Å²) in [6.45, 7) is 0.291. The van der Waals surface area contributed by atoms with Gasteiger partial charge in [-0.1, -0.05) is 30.3 Å². The van der Waals surface area contributed by atoms with Crippen LogP contribution in [0.15, 0.2) is 30.3 Å². The Morgan fingerprint density at radius 3 is 2.30 bits per heavy atom. The third-order valence-electron chi connectivity index (χ3n) is 5.01. The molecule has 3 rings (SSSR count). The number of carboxylic acids is 1. The molecule has 0 spiro atoms. The maximum atomic E-state index is 12.1. The summed E-state index contributed by atoms with van der Waals surface area (Å²) in [7, 11) is 0. The highest BCUT2D eigenvalue weighted by Gasteiger charge is 2.58. The van der Waals surface area contributed by atoms with E-state index < -0.39 is 11.4 Å². The van der Waals surface area contributed by atoms with Crippen molar-refractivity contribution < 1.29 is 14.7 Å². The van der Waals surface area contributed by atoms with Gasteiger partial charge in [0.2, 0.25) is 0 Å². The molecule has 2 aliphatic rings. The van der Waals surface area contributed by atoms with Crippen molar-refractivity contribution in [2.45, 2.75) is 37.6 Å². The van der Waals surface area contributed by atoms with Gasteiger partial charge in [-0.25, -0.2) is 0 Å². The predicted molar refractivity (Wildman–Crippen MR) is 74.7 cm³/mol. The Kier molecular flexibility index (Phi) is 3.13. The third kappa shape index (κ3) is 2.14. The Morgan fingerprint density at radius 1 is 1.10 bits per heavy atom. The zero-order valence-corrected chi connectivity index (χ0v) is 11.4. The SMILES string of the molecule is O=C(CNC12CCC(C(=O)O)(CC1)C2)c1ccccc1. The Morgan fingerprint density at radius 2 is 1.75 bits per heavy atom. The molecule has 4 heteroatoms. The van der Waals surface area contributed by atoms with Crippen molar-refractivity contribution in [1.82, 2.24) is 5.32 Å². The number of carbonyl (C=O) groups excluding carboxylic acids is 1. The second-order valence-electron chi connectivity index (χ2n) is 6.19. The van der Waals surface area contributed by atoms with Crippen LogP contribution >= 0.6 is 0 Å². The molecule has 0 atom stereocenters. The molecule has 0 saturated heterocycles. The van der Waals surface area contributed by atoms with Crippen LogP contribution in [-0.4, -0.2) is 28.9 Å². The Hall–Kier alpha value is -1.68. The van der Waals surface area contributed by atoms with Gasteiger partial charge in [-0.05, 0) is 32.1 Å². The molecule has 2 saturated carbocycles. The molecule has 4 nitrogen and oxygen atoms in total. The van der Waals surface area contributed by atoms with E-state index in [2.05, 4.69) is 5.32 Å². The first-order valence-corrected chi connectivity index (χ1v) is 7.12. The molecule has 0 aliphatic heterocycles. The molecule has 1 aromatic carbocycles. The molecule has 2 fully saturated rings. The van der Waals surface area contributed by atoms with Crippen molar-refractivity contribution in [3.8, 4) is 0 Å². The first-order valence-electron chi connectivity index (χ1n) is 7.12. The van der Waals surface area contributed by atoms with Crippen molar-refractivity contribution in [3.05, 3.63) is 35.9 Å². The van der Waals surface area contributed by atoms with Gasteiger partial charge in [0, 0.05) is 11.1 Å². The number of Topliss-reactive ketones (excluding diaryl/α,β-unsaturated/α-hetero) is 1. The second kappa shape index (κ2) is 4.70. The van der Waals surface area contributed by atoms with Gasteiger partial charge in [0.05, 0.1) is 12.0 Å². The van der Waals surface area contributed by atoms with E-state index in [4.69, 9.17) is 0 Å². The van der Waals surface area contributed by atoms with E-state index in [0.29, 0.717) is 18.5 Å². The first kappa shape index (κ1) is 13.3. The fourth-order valence-corrected chi connectivity index (χ4v) is 3.73. The quantitative estimate of drug-likeness (QED) is 0.807. The molecule has 0 radical (unpaired) electrons. The first-order chi connectivity index (χ1) is 9.55. The Labute approximate surface area is 118 Å². The van der Waals surface area contributed by atoms with Gasteiger partial charge < -0.3 is 10.4 Å². The minimum atomic E-state index is -0.673. The van der Waals surface area contributed by atoms with Gasteiger partial charge in [-0.2, -0.15) is 0 Å². The summed E-state index contributed by atoms with van der Waals surface area (Å²) in [5.41, 5.74) is 0.0305. The smallest absolute Gasteiger partial charge is 0.309 e. The summed E-state index contributed by atoms with van der Waals surface area (Å²) in [5.74, 6) is -0.604. The molecular weight excluding hydrogens is 254 g/mol. The minimum absolute atomic E-state index is 0.0692. The Balaban J connectivity index is 1.63. The molecule has 0 heterocycles. The largest absolute Gasteiger partial charge is 0.481 e. The summed E-state index contributed by atoms with van der Waals surface area (Å²) in [5, 5.41) is 12.7. The average Bonchev–Trinajstić information content (AvgIpc) is 3.04. The Bertz CT molecular complexity index is 530. The van der Waals surface area contributed by atoms with Gasteiger partial charge in [-0.15, -0.1) is 0 Å². The van der Waals surface area contributed by atoms with Crippen LogP contribution < -0.4 is 5.32 Å². The van der Waals surface area contributed by atoms with Crippen molar-refractivity contribution in [2.24, 2.45) is 5.41 Å². The maximum absolute atomic E-state index is 12.1. The molecular formula is C16H19NO3. The number of carbonyl (C=O) groups is 2. The zero-order chi connectivity index (χ0) is 14.2. The lowest BCUT2D eigenvalue weighted by molar-refractivity contribution is -0.148. The van der Waals surface area contributed by atoms with Crippen LogP contribution in [0.25, 0.3) is 0 Å². The number of nitrogens with one attached hydrogen (secondary N) is 1. The highest BCUT2D eigenvalue weighted by atomic mass is 16.4. The number of carboxylic acid groups (broad SMARTS) is 1. The number of ketones is 1. The molecule has 2 N–H and O–H groups in total. The highest BCUT2D eigenvalue weighted by molar-refractivity contribution is 5.97. The number of hydrogen-bond acceptors (Lipinski definition) is 3. The van der Waals surface area contributed by atoms with Crippen LogP contribution in [0.5, 0.6) is 0 Å². The minimum Gasteiger partial charge on any atom is -0.481 e. The normalized spacial score (nSPS) is 31.4. The van der Waals surface area contributed by atoms with Gasteiger partial charge in [-0.3, -0.25) is 9.59 Å². The molecule has 20 heavy (non-hydrogen) atoms. The third-order valence-corrected chi connectivity index (χ3v) is 5.01. The number of benzene rings is 1. The fourth-order valence-electron chi connectivity index (χ4n) is 3.73. The molecule has 2 bridgehead atoms. The van der Waals surface area contributed by atoms with E-state index in [0.717, 1.165) is 25.7 Å². The summed E-state index contributed by atoms with van der Waals surface area (Å²) < 4.78 is 0. The maximum Gasteiger partial charge on any atom is 0.309 e. The number of hydrogen-bond donors (Lipinski definition) is 2. The standard InChI is InChI=1S/C16H19NO3/c18-13(12-4-2-1-3-5-12)10-17-16-8-6-15(11-16,7-9-16)14(19)20/h1-5,17H,6-11H2,(H,19,20). The van der Waals surface area contributed by atoms with Gasteiger partial charge in [0.25, 0.3) is 0 Å². The van der Waals surface area contributed by atoms with Crippen LogP contribution in [0.2, 0.25) is 0 Å². The van der Waals surface area contributed by atoms with Crippen molar-refractivity contribution in [2.75, 3.05) is 6.54 Å². The zero-order valence-electron chi connectivity index (χ0n) is 11.4. The lowest BCUT2D eigenvalue weighted by Gasteiger charge is -2.27. The van der Waals surface area contributed by atoms with E-state index >= 15 is 0 Å². The number of aliphatic carboxylic acids is 1. The van der Waals surface area contributed by atoms with Gasteiger partial charge in [0.1, 0.15) is 0 Å². The summed E-state index contributed by atoms with van der Waals surface area (Å²) >= 11 is 0. The average molecular weight is 273 g/mol. The monoisotopic (exact) mass is 273 g/mol. The van der Waals surface area contributed by atoms with Crippen LogP contribution in [0.4, 0.5) is 0 Å². The van der Waals surface area contributed by atoms with Crippen LogP contribution in [0.1, 0.15) is 42.5 Å². The van der Waals surface area contributed by atoms with E-state index in [9.17, 15) is 14.7 Å². The van der Waals surface area contributed by atoms with Gasteiger partial charge in [0.15, 0.2) is 5.78 Å². The topological polar surface area (TPSA) is 66.4 Å². The van der Waals surface area contributed by atoms with E-state index in [1.807, 2.05) is 30.3 Å². The lowest BCUT2D eigenvalue weighted by Crippen LogP contribution is -2.43. The predicted octanol–water partition coefficient (Wildman–Crippen LogP) is 2.25. The number of fused-ring (bicyclic) bond motifs is 2. The van der Waals surface area contributed by atoms with E-state index in [1.54, 1.807) is 0 Å².